The van der Waals surface area contributed by atoms with Crippen LogP contribution in [0.4, 0.5) is 0 Å². The van der Waals surface area contributed by atoms with Crippen molar-refractivity contribution in [1.29, 1.82) is 0 Å². The summed E-state index contributed by atoms with van der Waals surface area (Å²) >= 11 is 6.02. The molecule has 2 fully saturated rings. The van der Waals surface area contributed by atoms with E-state index in [1.54, 1.807) is 0 Å². The van der Waals surface area contributed by atoms with Gasteiger partial charge in [0.05, 0.1) is 19.8 Å². The quantitative estimate of drug-likeness (QED) is 0.512. The van der Waals surface area contributed by atoms with E-state index in [0.29, 0.717) is 17.1 Å². The first-order valence-electron chi connectivity index (χ1n) is 11.2. The lowest BCUT2D eigenvalue weighted by molar-refractivity contribution is 0.0358. The molecule has 3 aliphatic heterocycles. The van der Waals surface area contributed by atoms with E-state index in [-0.39, 0.29) is 0 Å². The van der Waals surface area contributed by atoms with E-state index in [2.05, 4.69) is 39.0 Å². The molecular weight excluding hydrogens is 398 g/mol. The second kappa shape index (κ2) is 9.23. The first kappa shape index (κ1) is 20.3. The first-order valence-corrected chi connectivity index (χ1v) is 11.6. The molecule has 6 heteroatoms. The number of nitrogens with zero attached hydrogens (tertiary/aromatic N) is 3. The van der Waals surface area contributed by atoms with E-state index in [9.17, 15) is 0 Å². The molecule has 2 saturated heterocycles. The van der Waals surface area contributed by atoms with Crippen molar-refractivity contribution in [2.75, 3.05) is 52.5 Å². The fraction of sp³-hybridized carbons (Fsp3) is 0.542. The number of rotatable bonds is 6. The first-order chi connectivity index (χ1) is 14.8. The summed E-state index contributed by atoms with van der Waals surface area (Å²) in [6.07, 6.45) is 5.48. The van der Waals surface area contributed by atoms with Crippen molar-refractivity contribution in [3.8, 4) is 5.75 Å². The van der Waals surface area contributed by atoms with Crippen molar-refractivity contribution in [2.24, 2.45) is 0 Å². The average Bonchev–Trinajstić information content (AvgIpc) is 3.26. The van der Waals surface area contributed by atoms with Crippen LogP contribution in [0.2, 0.25) is 5.15 Å². The molecule has 0 bridgehead atoms. The number of ether oxygens (including phenoxy) is 2. The van der Waals surface area contributed by atoms with Gasteiger partial charge in [0, 0.05) is 44.3 Å². The predicted octanol–water partition coefficient (Wildman–Crippen LogP) is 4.12. The lowest BCUT2D eigenvalue weighted by Gasteiger charge is -2.37. The van der Waals surface area contributed by atoms with Gasteiger partial charge in [-0.15, -0.1) is 0 Å². The van der Waals surface area contributed by atoms with Gasteiger partial charge < -0.3 is 9.47 Å². The Balaban J connectivity index is 1.29. The van der Waals surface area contributed by atoms with Gasteiger partial charge >= 0.3 is 0 Å². The van der Waals surface area contributed by atoms with Gasteiger partial charge in [-0.2, -0.15) is 0 Å². The van der Waals surface area contributed by atoms with E-state index < -0.39 is 0 Å². The SMILES string of the molecule is Clc1ccc([C@H]2CN3CCC[C@H]3c3cc(OCCCN4CCOCC4)ccc32)cn1. The molecule has 4 heterocycles. The van der Waals surface area contributed by atoms with Gasteiger partial charge in [-0.25, -0.2) is 4.98 Å². The van der Waals surface area contributed by atoms with E-state index in [1.807, 2.05) is 12.3 Å². The maximum atomic E-state index is 6.16. The highest BCUT2D eigenvalue weighted by atomic mass is 35.5. The van der Waals surface area contributed by atoms with Crippen molar-refractivity contribution in [1.82, 2.24) is 14.8 Å². The molecule has 0 unspecified atom stereocenters. The summed E-state index contributed by atoms with van der Waals surface area (Å²) in [6, 6.07) is 11.3. The van der Waals surface area contributed by atoms with Crippen molar-refractivity contribution < 1.29 is 9.47 Å². The van der Waals surface area contributed by atoms with Crippen LogP contribution < -0.4 is 4.74 Å². The third kappa shape index (κ3) is 4.35. The molecule has 0 radical (unpaired) electrons. The fourth-order valence-corrected chi connectivity index (χ4v) is 5.27. The average molecular weight is 428 g/mol. The van der Waals surface area contributed by atoms with Crippen molar-refractivity contribution in [2.45, 2.75) is 31.2 Å². The number of fused-ring (bicyclic) bond motifs is 3. The number of hydrogen-bond acceptors (Lipinski definition) is 5. The van der Waals surface area contributed by atoms with Crippen LogP contribution in [0, 0.1) is 0 Å². The number of hydrogen-bond donors (Lipinski definition) is 0. The van der Waals surface area contributed by atoms with Gasteiger partial charge in [-0.05, 0) is 60.7 Å². The molecule has 30 heavy (non-hydrogen) atoms. The molecule has 5 rings (SSSR count). The Bertz CT molecular complexity index is 854. The summed E-state index contributed by atoms with van der Waals surface area (Å²) in [5.74, 6) is 1.34. The number of halogens is 1. The molecule has 5 nitrogen and oxygen atoms in total. The molecule has 2 aromatic rings. The summed E-state index contributed by atoms with van der Waals surface area (Å²) in [7, 11) is 0. The van der Waals surface area contributed by atoms with E-state index in [0.717, 1.165) is 58.2 Å². The zero-order chi connectivity index (χ0) is 20.3. The highest BCUT2D eigenvalue weighted by molar-refractivity contribution is 6.29. The Morgan fingerprint density at radius 2 is 2.00 bits per heavy atom. The molecule has 0 N–H and O–H groups in total. The van der Waals surface area contributed by atoms with Gasteiger partial charge in [-0.1, -0.05) is 23.7 Å². The fourth-order valence-electron chi connectivity index (χ4n) is 5.16. The summed E-state index contributed by atoms with van der Waals surface area (Å²) in [5, 5.41) is 0.551. The topological polar surface area (TPSA) is 37.8 Å². The summed E-state index contributed by atoms with van der Waals surface area (Å²) < 4.78 is 11.6. The highest BCUT2D eigenvalue weighted by Crippen LogP contribution is 2.45. The van der Waals surface area contributed by atoms with E-state index in [4.69, 9.17) is 21.1 Å². The lowest BCUT2D eigenvalue weighted by atomic mass is 9.82. The number of pyridine rings is 1. The van der Waals surface area contributed by atoms with Crippen LogP contribution in [0.15, 0.2) is 36.5 Å². The van der Waals surface area contributed by atoms with Crippen molar-refractivity contribution >= 4 is 11.6 Å². The van der Waals surface area contributed by atoms with Crippen LogP contribution in [0.5, 0.6) is 5.75 Å². The van der Waals surface area contributed by atoms with Gasteiger partial charge in [0.2, 0.25) is 0 Å². The highest BCUT2D eigenvalue weighted by Gasteiger charge is 2.36. The Hall–Kier alpha value is -1.66. The molecule has 160 valence electrons. The van der Waals surface area contributed by atoms with Crippen LogP contribution in [0.25, 0.3) is 0 Å². The summed E-state index contributed by atoms with van der Waals surface area (Å²) in [4.78, 5) is 9.42. The molecular formula is C24H30ClN3O2. The Labute approximate surface area is 183 Å². The number of aromatic nitrogens is 1. The second-order valence-electron chi connectivity index (χ2n) is 8.57. The monoisotopic (exact) mass is 427 g/mol. The molecule has 0 aliphatic carbocycles. The van der Waals surface area contributed by atoms with Crippen molar-refractivity contribution in [3.05, 3.63) is 58.4 Å². The minimum absolute atomic E-state index is 0.342. The summed E-state index contributed by atoms with van der Waals surface area (Å²) in [6.45, 7) is 7.86. The van der Waals surface area contributed by atoms with E-state index >= 15 is 0 Å². The van der Waals surface area contributed by atoms with Gasteiger partial charge in [0.1, 0.15) is 10.9 Å². The smallest absolute Gasteiger partial charge is 0.129 e. The molecule has 3 aliphatic rings. The van der Waals surface area contributed by atoms with Gasteiger partial charge in [0.25, 0.3) is 0 Å². The summed E-state index contributed by atoms with van der Waals surface area (Å²) in [5.41, 5.74) is 4.09. The number of morpholine rings is 1. The zero-order valence-corrected chi connectivity index (χ0v) is 18.2. The van der Waals surface area contributed by atoms with Gasteiger partial charge in [0.15, 0.2) is 0 Å². The predicted molar refractivity (Wildman–Crippen MR) is 118 cm³/mol. The maximum Gasteiger partial charge on any atom is 0.129 e. The standard InChI is InChI=1S/C24H30ClN3O2/c25-24-7-4-18(16-26-24)22-17-28-9-1-3-23(28)21-15-19(5-6-20(21)22)30-12-2-8-27-10-13-29-14-11-27/h4-7,15-16,22-23H,1-3,8-14,17H2/t22-,23+/m1/s1. The van der Waals surface area contributed by atoms with Crippen LogP contribution in [-0.4, -0.2) is 67.3 Å². The molecule has 0 spiro atoms. The third-order valence-electron chi connectivity index (χ3n) is 6.72. The molecule has 2 atom stereocenters. The van der Waals surface area contributed by atoms with Crippen LogP contribution in [-0.2, 0) is 4.74 Å². The van der Waals surface area contributed by atoms with Gasteiger partial charge in [-0.3, -0.25) is 9.80 Å². The minimum Gasteiger partial charge on any atom is -0.494 e. The Kier molecular flexibility index (Phi) is 6.23. The molecule has 0 amide bonds. The maximum absolute atomic E-state index is 6.16. The van der Waals surface area contributed by atoms with Crippen LogP contribution in [0.1, 0.15) is 47.9 Å². The minimum atomic E-state index is 0.342. The van der Waals surface area contributed by atoms with Crippen molar-refractivity contribution in [3.63, 3.8) is 0 Å². The lowest BCUT2D eigenvalue weighted by Crippen LogP contribution is -2.37. The van der Waals surface area contributed by atoms with Crippen LogP contribution in [0.3, 0.4) is 0 Å². The van der Waals surface area contributed by atoms with Crippen LogP contribution >= 0.6 is 11.6 Å². The molecule has 1 aromatic heterocycles. The Morgan fingerprint density at radius 3 is 2.83 bits per heavy atom. The van der Waals surface area contributed by atoms with E-state index in [1.165, 1.54) is 36.1 Å². The third-order valence-corrected chi connectivity index (χ3v) is 6.94. The number of benzene rings is 1. The Morgan fingerprint density at radius 1 is 1.10 bits per heavy atom. The zero-order valence-electron chi connectivity index (χ0n) is 17.4. The molecule has 0 saturated carbocycles. The molecule has 1 aromatic carbocycles. The normalized spacial score (nSPS) is 24.4. The second-order valence-corrected chi connectivity index (χ2v) is 8.95. The largest absolute Gasteiger partial charge is 0.494 e.